The van der Waals surface area contributed by atoms with Gasteiger partial charge in [-0.1, -0.05) is 42.5 Å². The number of hydrogen-bond acceptors (Lipinski definition) is 4. The van der Waals surface area contributed by atoms with Crippen LogP contribution >= 0.6 is 0 Å². The maximum Gasteiger partial charge on any atom is 0.233 e. The number of sulfonamides is 1. The minimum atomic E-state index is -3.63. The standard InChI is InChI=1S/C20H23FN2O4S/c1-23(14-15-27-19-10-6-5-9-18(19)21)20(24)11-13-22-28(25,26)16-12-17-7-3-2-4-8-17/h2-10,12,16,22H,11,13-15H2,1H3/b16-12+. The fourth-order valence-electron chi connectivity index (χ4n) is 2.25. The Balaban J connectivity index is 1.70. The SMILES string of the molecule is CN(CCOc1ccccc1F)C(=O)CCNS(=O)(=O)/C=C/c1ccccc1. The number of halogens is 1. The van der Waals surface area contributed by atoms with Gasteiger partial charge in [-0.05, 0) is 23.8 Å². The van der Waals surface area contributed by atoms with Crippen LogP contribution in [0.25, 0.3) is 6.08 Å². The average Bonchev–Trinajstić information content (AvgIpc) is 2.68. The van der Waals surface area contributed by atoms with Gasteiger partial charge in [0.1, 0.15) is 6.61 Å². The molecule has 0 fully saturated rings. The molecule has 150 valence electrons. The van der Waals surface area contributed by atoms with Gasteiger partial charge in [0.2, 0.25) is 15.9 Å². The fourth-order valence-corrected chi connectivity index (χ4v) is 3.07. The Kier molecular flexibility index (Phi) is 8.16. The average molecular weight is 406 g/mol. The predicted molar refractivity (Wildman–Crippen MR) is 107 cm³/mol. The van der Waals surface area contributed by atoms with Crippen LogP contribution in [-0.2, 0) is 14.8 Å². The Morgan fingerprint density at radius 2 is 1.82 bits per heavy atom. The van der Waals surface area contributed by atoms with Crippen LogP contribution in [0.3, 0.4) is 0 Å². The number of rotatable bonds is 10. The molecule has 0 aliphatic rings. The van der Waals surface area contributed by atoms with Crippen LogP contribution in [0.15, 0.2) is 60.0 Å². The fraction of sp³-hybridized carbons (Fsp3) is 0.250. The van der Waals surface area contributed by atoms with Crippen molar-refractivity contribution in [3.63, 3.8) is 0 Å². The van der Waals surface area contributed by atoms with Crippen LogP contribution < -0.4 is 9.46 Å². The number of amides is 1. The third-order valence-electron chi connectivity index (χ3n) is 3.83. The van der Waals surface area contributed by atoms with Crippen molar-refractivity contribution in [2.75, 3.05) is 26.7 Å². The first-order valence-corrected chi connectivity index (χ1v) is 10.3. The topological polar surface area (TPSA) is 75.7 Å². The van der Waals surface area contributed by atoms with E-state index in [-0.39, 0.29) is 37.8 Å². The molecule has 2 rings (SSSR count). The lowest BCUT2D eigenvalue weighted by Crippen LogP contribution is -2.34. The van der Waals surface area contributed by atoms with E-state index in [9.17, 15) is 17.6 Å². The van der Waals surface area contributed by atoms with E-state index in [4.69, 9.17) is 4.74 Å². The first-order valence-electron chi connectivity index (χ1n) is 8.71. The van der Waals surface area contributed by atoms with Gasteiger partial charge in [-0.2, -0.15) is 0 Å². The lowest BCUT2D eigenvalue weighted by atomic mass is 10.2. The number of carbonyl (C=O) groups excluding carboxylic acids is 1. The third kappa shape index (κ3) is 7.50. The molecule has 0 radical (unpaired) electrons. The van der Waals surface area contributed by atoms with Crippen LogP contribution in [0.5, 0.6) is 5.75 Å². The largest absolute Gasteiger partial charge is 0.489 e. The molecule has 6 nitrogen and oxygen atoms in total. The van der Waals surface area contributed by atoms with Crippen molar-refractivity contribution < 1.29 is 22.3 Å². The summed E-state index contributed by atoms with van der Waals surface area (Å²) in [6.45, 7) is 0.376. The highest BCUT2D eigenvalue weighted by Gasteiger charge is 2.11. The molecule has 0 saturated carbocycles. The monoisotopic (exact) mass is 406 g/mol. The van der Waals surface area contributed by atoms with Gasteiger partial charge >= 0.3 is 0 Å². The highest BCUT2D eigenvalue weighted by atomic mass is 32.2. The van der Waals surface area contributed by atoms with Gasteiger partial charge in [0.25, 0.3) is 0 Å². The smallest absolute Gasteiger partial charge is 0.233 e. The van der Waals surface area contributed by atoms with Crippen molar-refractivity contribution in [2.45, 2.75) is 6.42 Å². The molecular weight excluding hydrogens is 383 g/mol. The Labute approximate surface area is 164 Å². The van der Waals surface area contributed by atoms with E-state index in [2.05, 4.69) is 4.72 Å². The number of carbonyl (C=O) groups is 1. The summed E-state index contributed by atoms with van der Waals surface area (Å²) in [6, 6.07) is 15.1. The summed E-state index contributed by atoms with van der Waals surface area (Å²) < 4.78 is 45.0. The highest BCUT2D eigenvalue weighted by Crippen LogP contribution is 2.15. The van der Waals surface area contributed by atoms with Crippen molar-refractivity contribution in [1.82, 2.24) is 9.62 Å². The Morgan fingerprint density at radius 3 is 2.54 bits per heavy atom. The van der Waals surface area contributed by atoms with E-state index in [0.29, 0.717) is 0 Å². The number of benzene rings is 2. The second kappa shape index (κ2) is 10.6. The number of hydrogen-bond donors (Lipinski definition) is 1. The van der Waals surface area contributed by atoms with Crippen molar-refractivity contribution in [3.05, 3.63) is 71.4 Å². The molecule has 2 aromatic carbocycles. The zero-order chi connectivity index (χ0) is 20.4. The summed E-state index contributed by atoms with van der Waals surface area (Å²) in [5.74, 6) is -0.581. The summed E-state index contributed by atoms with van der Waals surface area (Å²) in [5.41, 5.74) is 0.763. The lowest BCUT2D eigenvalue weighted by Gasteiger charge is -2.17. The number of nitrogens with zero attached hydrogens (tertiary/aromatic N) is 1. The van der Waals surface area contributed by atoms with Gasteiger partial charge < -0.3 is 9.64 Å². The number of likely N-dealkylation sites (N-methyl/N-ethyl adjacent to an activating group) is 1. The second-order valence-corrected chi connectivity index (χ2v) is 7.65. The van der Waals surface area contributed by atoms with Crippen molar-refractivity contribution in [2.24, 2.45) is 0 Å². The molecule has 0 spiro atoms. The lowest BCUT2D eigenvalue weighted by molar-refractivity contribution is -0.130. The van der Waals surface area contributed by atoms with Crippen molar-refractivity contribution in [3.8, 4) is 5.75 Å². The van der Waals surface area contributed by atoms with E-state index >= 15 is 0 Å². The van der Waals surface area contributed by atoms with E-state index < -0.39 is 15.8 Å². The molecule has 0 aliphatic heterocycles. The highest BCUT2D eigenvalue weighted by molar-refractivity contribution is 7.92. The summed E-state index contributed by atoms with van der Waals surface area (Å²) in [6.07, 6.45) is 1.49. The first kappa shape index (κ1) is 21.6. The molecular formula is C20H23FN2O4S. The molecule has 2 aromatic rings. The zero-order valence-corrected chi connectivity index (χ0v) is 16.4. The summed E-state index contributed by atoms with van der Waals surface area (Å²) in [7, 11) is -2.05. The van der Waals surface area contributed by atoms with Crippen LogP contribution in [0.1, 0.15) is 12.0 Å². The number of ether oxygens (including phenoxy) is 1. The van der Waals surface area contributed by atoms with E-state index in [0.717, 1.165) is 11.0 Å². The second-order valence-electron chi connectivity index (χ2n) is 6.00. The van der Waals surface area contributed by atoms with Gasteiger partial charge in [-0.25, -0.2) is 17.5 Å². The molecule has 0 unspecified atom stereocenters. The van der Waals surface area contributed by atoms with Gasteiger partial charge in [0.15, 0.2) is 11.6 Å². The Hall–Kier alpha value is -2.71. The minimum absolute atomic E-state index is 0.00854. The summed E-state index contributed by atoms with van der Waals surface area (Å²) >= 11 is 0. The minimum Gasteiger partial charge on any atom is -0.489 e. The Morgan fingerprint density at radius 1 is 1.14 bits per heavy atom. The zero-order valence-electron chi connectivity index (χ0n) is 15.5. The molecule has 0 aromatic heterocycles. The van der Waals surface area contributed by atoms with Crippen LogP contribution in [-0.4, -0.2) is 46.0 Å². The van der Waals surface area contributed by atoms with Crippen molar-refractivity contribution in [1.29, 1.82) is 0 Å². The van der Waals surface area contributed by atoms with E-state index in [1.807, 2.05) is 18.2 Å². The van der Waals surface area contributed by atoms with Gasteiger partial charge in [0.05, 0.1) is 6.54 Å². The van der Waals surface area contributed by atoms with Crippen LogP contribution in [0.2, 0.25) is 0 Å². The molecule has 28 heavy (non-hydrogen) atoms. The third-order valence-corrected chi connectivity index (χ3v) is 4.93. The van der Waals surface area contributed by atoms with Crippen LogP contribution in [0.4, 0.5) is 4.39 Å². The van der Waals surface area contributed by atoms with Gasteiger partial charge in [0, 0.05) is 25.4 Å². The van der Waals surface area contributed by atoms with Gasteiger partial charge in [-0.15, -0.1) is 0 Å². The molecule has 0 heterocycles. The summed E-state index contributed by atoms with van der Waals surface area (Å²) in [4.78, 5) is 13.5. The maximum atomic E-state index is 13.4. The first-order chi connectivity index (χ1) is 13.4. The maximum absolute atomic E-state index is 13.4. The van der Waals surface area contributed by atoms with E-state index in [1.54, 1.807) is 31.3 Å². The molecule has 0 saturated heterocycles. The van der Waals surface area contributed by atoms with Gasteiger partial charge in [-0.3, -0.25) is 4.79 Å². The van der Waals surface area contributed by atoms with Crippen LogP contribution in [0, 0.1) is 5.82 Å². The number of nitrogens with one attached hydrogen (secondary N) is 1. The molecule has 8 heteroatoms. The molecule has 0 aliphatic carbocycles. The Bertz CT molecular complexity index is 901. The normalized spacial score (nSPS) is 11.5. The molecule has 0 bridgehead atoms. The summed E-state index contributed by atoms with van der Waals surface area (Å²) in [5, 5.41) is 1.07. The molecule has 0 atom stereocenters. The predicted octanol–water partition coefficient (Wildman–Crippen LogP) is 2.64. The molecule has 1 N–H and O–H groups in total. The molecule has 1 amide bonds. The van der Waals surface area contributed by atoms with Crippen molar-refractivity contribution >= 4 is 22.0 Å². The quantitative estimate of drug-likeness (QED) is 0.658. The van der Waals surface area contributed by atoms with E-state index in [1.165, 1.54) is 23.1 Å². The number of para-hydroxylation sites is 1.